The maximum atomic E-state index is 12.4. The second kappa shape index (κ2) is 8.35. The van der Waals surface area contributed by atoms with Crippen molar-refractivity contribution < 1.29 is 9.53 Å². The normalized spacial score (nSPS) is 11.9. The fourth-order valence-electron chi connectivity index (χ4n) is 2.14. The standard InChI is InChI=1S/C19H23NO2/c1-3-13-22-18-11-9-17(10-12-18)19(21)15(2)20-14-16-7-5-4-6-8-16/h4-12,15,20H,3,13-14H2,1-2H3. The Morgan fingerprint density at radius 1 is 1.09 bits per heavy atom. The number of ether oxygens (including phenoxy) is 1. The van der Waals surface area contributed by atoms with Crippen molar-refractivity contribution in [3.63, 3.8) is 0 Å². The van der Waals surface area contributed by atoms with Crippen molar-refractivity contribution in [3.8, 4) is 5.75 Å². The third kappa shape index (κ3) is 4.71. The van der Waals surface area contributed by atoms with Gasteiger partial charge in [0.05, 0.1) is 12.6 Å². The van der Waals surface area contributed by atoms with Crippen molar-refractivity contribution in [1.29, 1.82) is 0 Å². The smallest absolute Gasteiger partial charge is 0.179 e. The van der Waals surface area contributed by atoms with Gasteiger partial charge in [0.2, 0.25) is 0 Å². The number of benzene rings is 2. The van der Waals surface area contributed by atoms with E-state index in [0.29, 0.717) is 18.7 Å². The van der Waals surface area contributed by atoms with Gasteiger partial charge in [-0.2, -0.15) is 0 Å². The maximum absolute atomic E-state index is 12.4. The van der Waals surface area contributed by atoms with Gasteiger partial charge in [0, 0.05) is 12.1 Å². The average molecular weight is 297 g/mol. The van der Waals surface area contributed by atoms with Crippen LogP contribution in [0.4, 0.5) is 0 Å². The molecule has 0 heterocycles. The van der Waals surface area contributed by atoms with Crippen LogP contribution in [0.1, 0.15) is 36.2 Å². The number of hydrogen-bond acceptors (Lipinski definition) is 3. The summed E-state index contributed by atoms with van der Waals surface area (Å²) in [6, 6.07) is 17.2. The predicted molar refractivity (Wildman–Crippen MR) is 89.3 cm³/mol. The fraction of sp³-hybridized carbons (Fsp3) is 0.316. The van der Waals surface area contributed by atoms with Crippen LogP contribution in [0.2, 0.25) is 0 Å². The van der Waals surface area contributed by atoms with Gasteiger partial charge >= 0.3 is 0 Å². The van der Waals surface area contributed by atoms with Gasteiger partial charge in [-0.3, -0.25) is 4.79 Å². The number of carbonyl (C=O) groups is 1. The molecule has 3 nitrogen and oxygen atoms in total. The Balaban J connectivity index is 1.89. The molecule has 0 aliphatic rings. The van der Waals surface area contributed by atoms with Crippen molar-refractivity contribution in [2.75, 3.05) is 6.61 Å². The topological polar surface area (TPSA) is 38.3 Å². The summed E-state index contributed by atoms with van der Waals surface area (Å²) >= 11 is 0. The molecule has 0 saturated heterocycles. The van der Waals surface area contributed by atoms with E-state index < -0.39 is 0 Å². The Morgan fingerprint density at radius 3 is 2.41 bits per heavy atom. The van der Waals surface area contributed by atoms with Crippen LogP contribution in [0, 0.1) is 0 Å². The molecule has 0 aliphatic heterocycles. The van der Waals surface area contributed by atoms with Gasteiger partial charge in [0.1, 0.15) is 5.75 Å². The molecule has 1 N–H and O–H groups in total. The van der Waals surface area contributed by atoms with E-state index in [1.807, 2.05) is 61.5 Å². The number of ketones is 1. The van der Waals surface area contributed by atoms with Crippen LogP contribution in [0.25, 0.3) is 0 Å². The molecular formula is C19H23NO2. The van der Waals surface area contributed by atoms with E-state index in [1.165, 1.54) is 5.56 Å². The Kier molecular flexibility index (Phi) is 6.16. The molecule has 0 aliphatic carbocycles. The summed E-state index contributed by atoms with van der Waals surface area (Å²) in [6.07, 6.45) is 0.973. The lowest BCUT2D eigenvalue weighted by atomic mass is 10.0. The molecule has 1 unspecified atom stereocenters. The first-order valence-corrected chi connectivity index (χ1v) is 7.75. The molecule has 0 amide bonds. The second-order valence-corrected chi connectivity index (χ2v) is 5.33. The van der Waals surface area contributed by atoms with Crippen molar-refractivity contribution in [2.24, 2.45) is 0 Å². The summed E-state index contributed by atoms with van der Waals surface area (Å²) in [7, 11) is 0. The summed E-state index contributed by atoms with van der Waals surface area (Å²) in [4.78, 5) is 12.4. The zero-order valence-corrected chi connectivity index (χ0v) is 13.2. The first kappa shape index (κ1) is 16.2. The Morgan fingerprint density at radius 2 is 1.77 bits per heavy atom. The molecule has 2 rings (SSSR count). The minimum Gasteiger partial charge on any atom is -0.494 e. The Hall–Kier alpha value is -2.13. The van der Waals surface area contributed by atoms with Crippen molar-refractivity contribution in [1.82, 2.24) is 5.32 Å². The molecule has 0 bridgehead atoms. The third-order valence-corrected chi connectivity index (χ3v) is 3.46. The largest absolute Gasteiger partial charge is 0.494 e. The zero-order valence-electron chi connectivity index (χ0n) is 13.2. The van der Waals surface area contributed by atoms with Gasteiger partial charge in [-0.1, -0.05) is 37.3 Å². The van der Waals surface area contributed by atoms with Gasteiger partial charge < -0.3 is 10.1 Å². The van der Waals surface area contributed by atoms with Crippen LogP contribution in [-0.2, 0) is 6.54 Å². The van der Waals surface area contributed by atoms with Gasteiger partial charge in [-0.05, 0) is 43.2 Å². The molecule has 0 radical (unpaired) electrons. The molecule has 2 aromatic rings. The minimum absolute atomic E-state index is 0.0953. The highest BCUT2D eigenvalue weighted by atomic mass is 16.5. The van der Waals surface area contributed by atoms with Crippen LogP contribution in [-0.4, -0.2) is 18.4 Å². The van der Waals surface area contributed by atoms with Crippen LogP contribution < -0.4 is 10.1 Å². The van der Waals surface area contributed by atoms with Crippen LogP contribution in [0.15, 0.2) is 54.6 Å². The summed E-state index contributed by atoms with van der Waals surface area (Å²) in [5, 5.41) is 3.27. The van der Waals surface area contributed by atoms with Crippen LogP contribution in [0.5, 0.6) is 5.75 Å². The van der Waals surface area contributed by atoms with Gasteiger partial charge in [-0.25, -0.2) is 0 Å². The molecule has 0 fully saturated rings. The number of rotatable bonds is 8. The van der Waals surface area contributed by atoms with Crippen LogP contribution >= 0.6 is 0 Å². The van der Waals surface area contributed by atoms with Gasteiger partial charge in [0.25, 0.3) is 0 Å². The fourth-order valence-corrected chi connectivity index (χ4v) is 2.14. The number of hydrogen-bond donors (Lipinski definition) is 1. The highest BCUT2D eigenvalue weighted by molar-refractivity contribution is 5.99. The summed E-state index contributed by atoms with van der Waals surface area (Å²) in [5.74, 6) is 0.904. The van der Waals surface area contributed by atoms with E-state index in [2.05, 4.69) is 12.2 Å². The van der Waals surface area contributed by atoms with E-state index in [-0.39, 0.29) is 11.8 Å². The minimum atomic E-state index is -0.220. The molecule has 0 saturated carbocycles. The van der Waals surface area contributed by atoms with Crippen LogP contribution in [0.3, 0.4) is 0 Å². The Labute approximate surface area is 132 Å². The van der Waals surface area contributed by atoms with E-state index in [0.717, 1.165) is 12.2 Å². The molecule has 0 aromatic heterocycles. The number of Topliss-reactive ketones (excluding diaryl/α,β-unsaturated/α-hetero) is 1. The summed E-state index contributed by atoms with van der Waals surface area (Å²) in [5.41, 5.74) is 1.88. The summed E-state index contributed by atoms with van der Waals surface area (Å²) < 4.78 is 5.53. The molecule has 3 heteroatoms. The lowest BCUT2D eigenvalue weighted by Crippen LogP contribution is -2.33. The lowest BCUT2D eigenvalue weighted by Gasteiger charge is -2.13. The highest BCUT2D eigenvalue weighted by Crippen LogP contribution is 2.14. The molecule has 116 valence electrons. The van der Waals surface area contributed by atoms with Gasteiger partial charge in [0.15, 0.2) is 5.78 Å². The monoisotopic (exact) mass is 297 g/mol. The zero-order chi connectivity index (χ0) is 15.8. The SMILES string of the molecule is CCCOc1ccc(C(=O)C(C)NCc2ccccc2)cc1. The van der Waals surface area contributed by atoms with Crippen molar-refractivity contribution in [3.05, 3.63) is 65.7 Å². The van der Waals surface area contributed by atoms with E-state index in [9.17, 15) is 4.79 Å². The lowest BCUT2D eigenvalue weighted by molar-refractivity contribution is 0.0950. The number of nitrogens with one attached hydrogen (secondary N) is 1. The van der Waals surface area contributed by atoms with E-state index in [4.69, 9.17) is 4.74 Å². The van der Waals surface area contributed by atoms with Gasteiger partial charge in [-0.15, -0.1) is 0 Å². The van der Waals surface area contributed by atoms with Crippen molar-refractivity contribution >= 4 is 5.78 Å². The molecule has 0 spiro atoms. The highest BCUT2D eigenvalue weighted by Gasteiger charge is 2.14. The quantitative estimate of drug-likeness (QED) is 0.752. The van der Waals surface area contributed by atoms with E-state index in [1.54, 1.807) is 0 Å². The average Bonchev–Trinajstić information content (AvgIpc) is 2.58. The molecular weight excluding hydrogens is 274 g/mol. The second-order valence-electron chi connectivity index (χ2n) is 5.33. The molecule has 22 heavy (non-hydrogen) atoms. The maximum Gasteiger partial charge on any atom is 0.179 e. The third-order valence-electron chi connectivity index (χ3n) is 3.46. The molecule has 2 aromatic carbocycles. The van der Waals surface area contributed by atoms with Crippen molar-refractivity contribution in [2.45, 2.75) is 32.9 Å². The number of carbonyl (C=O) groups excluding carboxylic acids is 1. The van der Waals surface area contributed by atoms with E-state index >= 15 is 0 Å². The Bertz CT molecular complexity index is 578. The molecule has 1 atom stereocenters. The summed E-state index contributed by atoms with van der Waals surface area (Å²) in [6.45, 7) is 5.35. The first-order chi connectivity index (χ1) is 10.7. The first-order valence-electron chi connectivity index (χ1n) is 7.75. The predicted octanol–water partition coefficient (Wildman–Crippen LogP) is 3.84.